The molecule has 0 spiro atoms. The molecule has 0 aromatic heterocycles. The molecule has 7 heteroatoms. The van der Waals surface area contributed by atoms with Crippen molar-refractivity contribution >= 4 is 17.7 Å². The van der Waals surface area contributed by atoms with Gasteiger partial charge in [-0.3, -0.25) is 9.69 Å². The van der Waals surface area contributed by atoms with E-state index < -0.39 is 5.97 Å². The van der Waals surface area contributed by atoms with Gasteiger partial charge in [0.05, 0.1) is 19.3 Å². The Hall–Kier alpha value is -2.28. The lowest BCUT2D eigenvalue weighted by Crippen LogP contribution is -2.55. The molecule has 0 heterocycles. The molecule has 2 fully saturated rings. The summed E-state index contributed by atoms with van der Waals surface area (Å²) in [7, 11) is 1.57. The van der Waals surface area contributed by atoms with Crippen molar-refractivity contribution in [2.75, 3.05) is 25.5 Å². The number of carbonyl (C=O) groups excluding carboxylic acids is 1. The Morgan fingerprint density at radius 3 is 2.65 bits per heavy atom. The molecular weight excluding hydrogens is 334 g/mol. The van der Waals surface area contributed by atoms with Crippen LogP contribution >= 0.6 is 0 Å². The number of rotatable bonds is 8. The quantitative estimate of drug-likeness (QED) is 0.662. The van der Waals surface area contributed by atoms with Crippen molar-refractivity contribution in [1.29, 1.82) is 0 Å². The molecule has 1 aromatic carbocycles. The third-order valence-electron chi connectivity index (χ3n) is 5.19. The number of amides is 2. The summed E-state index contributed by atoms with van der Waals surface area (Å²) in [5, 5.41) is 14.9. The standard InChI is InChI=1S/C19H27N3O4/c1-12-4-3-5-16(26-2)18(12)21-19(25)20-14-8-15(9-14)22(11-17(23)24)10-13-6-7-13/h3-5,13-15H,6-11H2,1-2H3,(H,23,24)(H2,20,21,25). The summed E-state index contributed by atoms with van der Waals surface area (Å²) in [6, 6.07) is 5.66. The maximum Gasteiger partial charge on any atom is 0.319 e. The number of benzene rings is 1. The van der Waals surface area contributed by atoms with Crippen molar-refractivity contribution in [3.63, 3.8) is 0 Å². The van der Waals surface area contributed by atoms with E-state index in [2.05, 4.69) is 15.5 Å². The van der Waals surface area contributed by atoms with Crippen LogP contribution in [-0.2, 0) is 4.79 Å². The van der Waals surface area contributed by atoms with E-state index in [0.29, 0.717) is 17.4 Å². The molecule has 0 unspecified atom stereocenters. The molecule has 7 nitrogen and oxygen atoms in total. The number of carbonyl (C=O) groups is 2. The predicted molar refractivity (Wildman–Crippen MR) is 98.6 cm³/mol. The largest absolute Gasteiger partial charge is 0.495 e. The number of aliphatic carboxylic acids is 1. The molecule has 0 bridgehead atoms. The lowest BCUT2D eigenvalue weighted by atomic mass is 9.85. The fourth-order valence-corrected chi connectivity index (χ4v) is 3.46. The molecule has 0 aliphatic heterocycles. The van der Waals surface area contributed by atoms with Gasteiger partial charge in [0.25, 0.3) is 0 Å². The lowest BCUT2D eigenvalue weighted by Gasteiger charge is -2.42. The van der Waals surface area contributed by atoms with E-state index in [9.17, 15) is 9.59 Å². The highest BCUT2D eigenvalue weighted by Gasteiger charge is 2.37. The van der Waals surface area contributed by atoms with Crippen LogP contribution in [0.1, 0.15) is 31.2 Å². The molecule has 3 rings (SSSR count). The Balaban J connectivity index is 1.49. The van der Waals surface area contributed by atoms with E-state index in [1.54, 1.807) is 7.11 Å². The van der Waals surface area contributed by atoms with Gasteiger partial charge in [0, 0.05) is 18.6 Å². The smallest absolute Gasteiger partial charge is 0.319 e. The molecule has 0 radical (unpaired) electrons. The molecule has 2 saturated carbocycles. The van der Waals surface area contributed by atoms with Crippen molar-refractivity contribution in [3.05, 3.63) is 23.8 Å². The highest BCUT2D eigenvalue weighted by atomic mass is 16.5. The first-order valence-electron chi connectivity index (χ1n) is 9.13. The van der Waals surface area contributed by atoms with Crippen LogP contribution in [0.15, 0.2) is 18.2 Å². The van der Waals surface area contributed by atoms with Gasteiger partial charge >= 0.3 is 12.0 Å². The molecule has 0 saturated heterocycles. The summed E-state index contributed by atoms with van der Waals surface area (Å²) < 4.78 is 5.30. The number of hydrogen-bond acceptors (Lipinski definition) is 4. The average Bonchev–Trinajstić information content (AvgIpc) is 3.35. The Morgan fingerprint density at radius 1 is 1.31 bits per heavy atom. The molecule has 2 aliphatic carbocycles. The maximum absolute atomic E-state index is 12.3. The van der Waals surface area contributed by atoms with Crippen LogP contribution in [0.2, 0.25) is 0 Å². The number of methoxy groups -OCH3 is 1. The van der Waals surface area contributed by atoms with Crippen molar-refractivity contribution < 1.29 is 19.4 Å². The van der Waals surface area contributed by atoms with E-state index >= 15 is 0 Å². The minimum absolute atomic E-state index is 0.0745. The van der Waals surface area contributed by atoms with Gasteiger partial charge in [0.2, 0.25) is 0 Å². The highest BCUT2D eigenvalue weighted by Crippen LogP contribution is 2.34. The number of nitrogens with zero attached hydrogens (tertiary/aromatic N) is 1. The van der Waals surface area contributed by atoms with E-state index in [0.717, 1.165) is 24.9 Å². The first kappa shape index (κ1) is 18.5. The van der Waals surface area contributed by atoms with Gasteiger partial charge in [-0.05, 0) is 50.2 Å². The molecule has 3 N–H and O–H groups in total. The fraction of sp³-hybridized carbons (Fsp3) is 0.579. The summed E-state index contributed by atoms with van der Waals surface area (Å²) in [6.45, 7) is 2.86. The van der Waals surface area contributed by atoms with Crippen LogP contribution in [0.5, 0.6) is 5.75 Å². The van der Waals surface area contributed by atoms with E-state index in [-0.39, 0.29) is 24.7 Å². The van der Waals surface area contributed by atoms with Crippen molar-refractivity contribution in [2.24, 2.45) is 5.92 Å². The van der Waals surface area contributed by atoms with Gasteiger partial charge < -0.3 is 20.5 Å². The van der Waals surface area contributed by atoms with Gasteiger partial charge in [-0.15, -0.1) is 0 Å². The minimum atomic E-state index is -0.786. The second-order valence-corrected chi connectivity index (χ2v) is 7.34. The zero-order valence-corrected chi connectivity index (χ0v) is 15.3. The molecule has 26 heavy (non-hydrogen) atoms. The molecule has 2 amide bonds. The zero-order chi connectivity index (χ0) is 18.7. The van der Waals surface area contributed by atoms with Crippen molar-refractivity contribution in [2.45, 2.75) is 44.7 Å². The maximum atomic E-state index is 12.3. The van der Waals surface area contributed by atoms with Crippen molar-refractivity contribution in [1.82, 2.24) is 10.2 Å². The SMILES string of the molecule is COc1cccc(C)c1NC(=O)NC1CC(N(CC(=O)O)CC2CC2)C1. The summed E-state index contributed by atoms with van der Waals surface area (Å²) in [5.41, 5.74) is 1.60. The molecule has 1 aromatic rings. The number of ether oxygens (including phenoxy) is 1. The number of hydrogen-bond donors (Lipinski definition) is 3. The average molecular weight is 361 g/mol. The number of carboxylic acid groups (broad SMARTS) is 1. The Bertz CT molecular complexity index is 669. The Labute approximate surface area is 153 Å². The number of aryl methyl sites for hydroxylation is 1. The number of urea groups is 1. The van der Waals surface area contributed by atoms with Crippen LogP contribution in [-0.4, -0.2) is 54.3 Å². The number of nitrogens with one attached hydrogen (secondary N) is 2. The topological polar surface area (TPSA) is 90.9 Å². The first-order valence-corrected chi connectivity index (χ1v) is 9.13. The summed E-state index contributed by atoms with van der Waals surface area (Å²) in [5.74, 6) is 0.494. The van der Waals surface area contributed by atoms with E-state index in [1.165, 1.54) is 12.8 Å². The van der Waals surface area contributed by atoms with Crippen LogP contribution in [0.3, 0.4) is 0 Å². The van der Waals surface area contributed by atoms with Crippen LogP contribution < -0.4 is 15.4 Å². The van der Waals surface area contributed by atoms with E-state index in [1.807, 2.05) is 25.1 Å². The van der Waals surface area contributed by atoms with Crippen LogP contribution in [0.25, 0.3) is 0 Å². The predicted octanol–water partition coefficient (Wildman–Crippen LogP) is 2.45. The molecular formula is C19H27N3O4. The number of anilines is 1. The normalized spacial score (nSPS) is 21.8. The minimum Gasteiger partial charge on any atom is -0.495 e. The Morgan fingerprint density at radius 2 is 2.04 bits per heavy atom. The lowest BCUT2D eigenvalue weighted by molar-refractivity contribution is -0.139. The molecule has 2 aliphatic rings. The second kappa shape index (κ2) is 7.95. The van der Waals surface area contributed by atoms with Crippen molar-refractivity contribution in [3.8, 4) is 5.75 Å². The van der Waals surface area contributed by atoms with Crippen LogP contribution in [0, 0.1) is 12.8 Å². The Kier molecular flexibility index (Phi) is 5.66. The number of carboxylic acids is 1. The van der Waals surface area contributed by atoms with Gasteiger partial charge in [-0.1, -0.05) is 12.1 Å². The second-order valence-electron chi connectivity index (χ2n) is 7.34. The molecule has 142 valence electrons. The van der Waals surface area contributed by atoms with Gasteiger partial charge in [-0.2, -0.15) is 0 Å². The first-order chi connectivity index (χ1) is 12.5. The summed E-state index contributed by atoms with van der Waals surface area (Å²) in [4.78, 5) is 25.4. The fourth-order valence-electron chi connectivity index (χ4n) is 3.46. The van der Waals surface area contributed by atoms with Crippen LogP contribution in [0.4, 0.5) is 10.5 Å². The third-order valence-corrected chi connectivity index (χ3v) is 5.19. The summed E-state index contributed by atoms with van der Waals surface area (Å²) >= 11 is 0. The highest BCUT2D eigenvalue weighted by molar-refractivity contribution is 5.92. The van der Waals surface area contributed by atoms with Gasteiger partial charge in [-0.25, -0.2) is 4.79 Å². The number of para-hydroxylation sites is 1. The summed E-state index contributed by atoms with van der Waals surface area (Å²) in [6.07, 6.45) is 3.98. The van der Waals surface area contributed by atoms with E-state index in [4.69, 9.17) is 9.84 Å². The third kappa shape index (κ3) is 4.66. The zero-order valence-electron chi connectivity index (χ0n) is 15.3. The monoisotopic (exact) mass is 361 g/mol. The molecule has 0 atom stereocenters. The van der Waals surface area contributed by atoms with Gasteiger partial charge in [0.1, 0.15) is 5.75 Å². The van der Waals surface area contributed by atoms with Gasteiger partial charge in [0.15, 0.2) is 0 Å².